The number of rotatable bonds is 5. The maximum absolute atomic E-state index is 14.6. The molecule has 1 saturated heterocycles. The third-order valence-electron chi connectivity index (χ3n) is 5.85. The quantitative estimate of drug-likeness (QED) is 0.604. The Morgan fingerprint density at radius 2 is 1.84 bits per heavy atom. The minimum atomic E-state index is -3.08. The highest BCUT2D eigenvalue weighted by molar-refractivity contribution is 7.91. The van der Waals surface area contributed by atoms with Gasteiger partial charge in [-0.3, -0.25) is 9.78 Å². The van der Waals surface area contributed by atoms with Gasteiger partial charge in [0.1, 0.15) is 15.7 Å². The molecule has 1 fully saturated rings. The van der Waals surface area contributed by atoms with Gasteiger partial charge < -0.3 is 9.88 Å². The third kappa shape index (κ3) is 4.36. The van der Waals surface area contributed by atoms with Crippen molar-refractivity contribution in [2.24, 2.45) is 0 Å². The van der Waals surface area contributed by atoms with Gasteiger partial charge in [-0.05, 0) is 25.8 Å². The summed E-state index contributed by atoms with van der Waals surface area (Å²) >= 11 is 0. The normalized spacial score (nSPS) is 17.5. The summed E-state index contributed by atoms with van der Waals surface area (Å²) in [5.41, 5.74) is 0.140. The Labute approximate surface area is 183 Å². The molecule has 1 aromatic carbocycles. The van der Waals surface area contributed by atoms with Crippen molar-refractivity contribution < 1.29 is 21.6 Å². The fraction of sp³-hybridized carbons (Fsp3) is 0.364. The van der Waals surface area contributed by atoms with E-state index in [2.05, 4.69) is 10.3 Å². The van der Waals surface area contributed by atoms with Crippen LogP contribution in [0.4, 0.5) is 18.9 Å². The summed E-state index contributed by atoms with van der Waals surface area (Å²) in [7, 11) is -3.08. The van der Waals surface area contributed by atoms with E-state index in [0.717, 1.165) is 6.07 Å². The van der Waals surface area contributed by atoms with Crippen LogP contribution in [0.1, 0.15) is 49.4 Å². The first kappa shape index (κ1) is 22.3. The van der Waals surface area contributed by atoms with E-state index in [-0.39, 0.29) is 28.7 Å². The molecule has 1 aliphatic heterocycles. The van der Waals surface area contributed by atoms with Crippen molar-refractivity contribution in [1.82, 2.24) is 9.55 Å². The van der Waals surface area contributed by atoms with E-state index >= 15 is 0 Å². The minimum Gasteiger partial charge on any atom is -0.378 e. The summed E-state index contributed by atoms with van der Waals surface area (Å²) in [5.74, 6) is -0.907. The molecule has 0 amide bonds. The van der Waals surface area contributed by atoms with Crippen LogP contribution in [0.3, 0.4) is 0 Å². The van der Waals surface area contributed by atoms with E-state index in [0.29, 0.717) is 29.4 Å². The number of fused-ring (bicyclic) bond motifs is 1. The summed E-state index contributed by atoms with van der Waals surface area (Å²) in [5, 5.41) is 3.73. The zero-order valence-electron chi connectivity index (χ0n) is 17.3. The number of hydrogen-bond acceptors (Lipinski definition) is 5. The first-order chi connectivity index (χ1) is 15.2. The van der Waals surface area contributed by atoms with E-state index in [9.17, 15) is 26.4 Å². The van der Waals surface area contributed by atoms with Crippen LogP contribution >= 0.6 is 0 Å². The van der Waals surface area contributed by atoms with Crippen molar-refractivity contribution in [3.63, 3.8) is 0 Å². The second kappa shape index (κ2) is 8.57. The van der Waals surface area contributed by atoms with E-state index in [1.54, 1.807) is 19.2 Å². The molecule has 4 rings (SSSR count). The molecule has 3 aromatic rings. The molecule has 32 heavy (non-hydrogen) atoms. The molecule has 0 bridgehead atoms. The molecule has 0 spiro atoms. The van der Waals surface area contributed by atoms with Gasteiger partial charge in [-0.2, -0.15) is 0 Å². The fourth-order valence-corrected chi connectivity index (χ4v) is 5.55. The number of alkyl halides is 2. The lowest BCUT2D eigenvalue weighted by Gasteiger charge is -2.25. The number of pyridine rings is 2. The van der Waals surface area contributed by atoms with Gasteiger partial charge in [-0.1, -0.05) is 18.2 Å². The second-order valence-electron chi connectivity index (χ2n) is 7.98. The van der Waals surface area contributed by atoms with E-state index < -0.39 is 33.7 Å². The number of hydrogen-bond donors (Lipinski definition) is 1. The molecule has 1 N–H and O–H groups in total. The lowest BCUT2D eigenvalue weighted by atomic mass is 10.0. The zero-order valence-corrected chi connectivity index (χ0v) is 18.1. The van der Waals surface area contributed by atoms with Crippen LogP contribution in [0.5, 0.6) is 0 Å². The third-order valence-corrected chi connectivity index (χ3v) is 7.57. The average molecular weight is 465 g/mol. The molecule has 2 aromatic heterocycles. The van der Waals surface area contributed by atoms with E-state index in [4.69, 9.17) is 0 Å². The van der Waals surface area contributed by atoms with Crippen molar-refractivity contribution >= 4 is 26.4 Å². The summed E-state index contributed by atoms with van der Waals surface area (Å²) in [4.78, 5) is 16.9. The fourth-order valence-electron chi connectivity index (χ4n) is 4.08. The lowest BCUT2D eigenvalue weighted by molar-refractivity contribution is 0.146. The van der Waals surface area contributed by atoms with Crippen molar-refractivity contribution in [2.45, 2.75) is 38.3 Å². The maximum Gasteiger partial charge on any atom is 0.266 e. The average Bonchev–Trinajstić information content (AvgIpc) is 2.73. The van der Waals surface area contributed by atoms with Crippen LogP contribution in [0.25, 0.3) is 10.9 Å². The maximum atomic E-state index is 14.6. The predicted octanol–water partition coefficient (Wildman–Crippen LogP) is 4.40. The van der Waals surface area contributed by atoms with Gasteiger partial charge >= 0.3 is 0 Å². The van der Waals surface area contributed by atoms with Gasteiger partial charge in [-0.25, -0.2) is 21.6 Å². The first-order valence-electron chi connectivity index (χ1n) is 10.2. The van der Waals surface area contributed by atoms with Gasteiger partial charge in [0, 0.05) is 41.1 Å². The van der Waals surface area contributed by atoms with Gasteiger partial charge in [0.2, 0.25) is 0 Å². The number of aromatic nitrogens is 2. The number of halogens is 3. The topological polar surface area (TPSA) is 81.1 Å². The highest BCUT2D eigenvalue weighted by atomic mass is 32.2. The molecule has 0 aliphatic carbocycles. The SMILES string of the molecule is C[C@@H](Nc1ccnc2cc(=O)n(C3CCS(=O)(=O)CC3)cc12)c1cccc(C(F)F)c1F. The predicted molar refractivity (Wildman–Crippen MR) is 116 cm³/mol. The summed E-state index contributed by atoms with van der Waals surface area (Å²) < 4.78 is 65.7. The Morgan fingerprint density at radius 1 is 1.16 bits per heavy atom. The van der Waals surface area contributed by atoms with Crippen molar-refractivity contribution in [1.29, 1.82) is 0 Å². The monoisotopic (exact) mass is 465 g/mol. The molecule has 0 radical (unpaired) electrons. The number of nitrogens with zero attached hydrogens (tertiary/aromatic N) is 2. The zero-order chi connectivity index (χ0) is 23.0. The second-order valence-corrected chi connectivity index (χ2v) is 10.3. The summed E-state index contributed by atoms with van der Waals surface area (Å²) in [6, 6.07) is 6.04. The highest BCUT2D eigenvalue weighted by Gasteiger charge is 2.26. The van der Waals surface area contributed by atoms with Crippen LogP contribution < -0.4 is 10.9 Å². The van der Waals surface area contributed by atoms with Crippen molar-refractivity contribution in [3.8, 4) is 0 Å². The Kier molecular flexibility index (Phi) is 5.98. The Hall–Kier alpha value is -2.88. The first-order valence-corrected chi connectivity index (χ1v) is 12.0. The number of sulfone groups is 1. The lowest BCUT2D eigenvalue weighted by Crippen LogP contribution is -2.31. The standard InChI is InChI=1S/C22H22F3N3O3S/c1-13(15-3-2-4-16(21(15)23)22(24)25)27-18-5-8-26-19-11-20(29)28(12-17(18)19)14-6-9-32(30,31)10-7-14/h2-5,8,11-14,22,27H,6-7,9-10H2,1H3/t13-/m1/s1. The minimum absolute atomic E-state index is 0.0249. The molecule has 1 aliphatic rings. The Balaban J connectivity index is 1.69. The van der Waals surface area contributed by atoms with Gasteiger partial charge in [0.05, 0.1) is 28.6 Å². The molecule has 10 heteroatoms. The smallest absolute Gasteiger partial charge is 0.266 e. The number of nitrogens with one attached hydrogen (secondary N) is 1. The summed E-state index contributed by atoms with van der Waals surface area (Å²) in [6.07, 6.45) is 0.907. The molecule has 1 atom stereocenters. The molecule has 0 unspecified atom stereocenters. The van der Waals surface area contributed by atoms with Gasteiger partial charge in [0.15, 0.2) is 0 Å². The molecular formula is C22H22F3N3O3S. The molecule has 6 nitrogen and oxygen atoms in total. The van der Waals surface area contributed by atoms with Crippen molar-refractivity contribution in [3.05, 3.63) is 70.0 Å². The molecule has 0 saturated carbocycles. The van der Waals surface area contributed by atoms with Crippen LogP contribution in [0.2, 0.25) is 0 Å². The van der Waals surface area contributed by atoms with Crippen LogP contribution in [-0.4, -0.2) is 29.5 Å². The van der Waals surface area contributed by atoms with Gasteiger partial charge in [-0.15, -0.1) is 0 Å². The summed E-state index contributed by atoms with van der Waals surface area (Å²) in [6.45, 7) is 1.65. The van der Waals surface area contributed by atoms with Crippen molar-refractivity contribution in [2.75, 3.05) is 16.8 Å². The van der Waals surface area contributed by atoms with Crippen LogP contribution in [0.15, 0.2) is 47.5 Å². The Bertz CT molecular complexity index is 1310. The highest BCUT2D eigenvalue weighted by Crippen LogP contribution is 2.31. The number of benzene rings is 1. The largest absolute Gasteiger partial charge is 0.378 e. The Morgan fingerprint density at radius 3 is 2.53 bits per heavy atom. The van der Waals surface area contributed by atoms with Crippen LogP contribution in [-0.2, 0) is 9.84 Å². The molecule has 170 valence electrons. The van der Waals surface area contributed by atoms with E-state index in [1.807, 2.05) is 0 Å². The number of anilines is 1. The van der Waals surface area contributed by atoms with Crippen LogP contribution in [0, 0.1) is 5.82 Å². The molecular weight excluding hydrogens is 443 g/mol. The van der Waals surface area contributed by atoms with E-state index in [1.165, 1.54) is 29.0 Å². The molecule has 3 heterocycles. The van der Waals surface area contributed by atoms with Gasteiger partial charge in [0.25, 0.3) is 12.0 Å².